The molecule has 9 heteroatoms. The van der Waals surface area contributed by atoms with E-state index in [1.165, 1.54) is 0 Å². The number of imidazole rings is 1. The van der Waals surface area contributed by atoms with Crippen molar-refractivity contribution in [2.75, 3.05) is 11.9 Å². The molecule has 4 heterocycles. The first-order chi connectivity index (χ1) is 17.0. The second-order valence-electron chi connectivity index (χ2n) is 8.77. The van der Waals surface area contributed by atoms with E-state index >= 15 is 0 Å². The number of nitrogens with zero attached hydrogens (tertiary/aromatic N) is 8. The van der Waals surface area contributed by atoms with Gasteiger partial charge in [0.25, 0.3) is 5.56 Å². The molecule has 6 aromatic rings. The van der Waals surface area contributed by atoms with Gasteiger partial charge in [0.05, 0.1) is 35.4 Å². The minimum Gasteiger partial charge on any atom is -0.355 e. The number of hydrogen-bond acceptors (Lipinski definition) is 6. The van der Waals surface area contributed by atoms with Crippen molar-refractivity contribution < 1.29 is 0 Å². The Hall–Kier alpha value is -4.53. The average Bonchev–Trinajstić information content (AvgIpc) is 3.46. The van der Waals surface area contributed by atoms with Gasteiger partial charge in [-0.05, 0) is 31.2 Å². The van der Waals surface area contributed by atoms with Crippen molar-refractivity contribution in [3.05, 3.63) is 94.7 Å². The zero-order chi connectivity index (χ0) is 24.1. The van der Waals surface area contributed by atoms with Gasteiger partial charge in [0.1, 0.15) is 17.3 Å². The molecule has 4 aromatic heterocycles. The van der Waals surface area contributed by atoms with Gasteiger partial charge in [0.15, 0.2) is 5.82 Å². The fourth-order valence-corrected chi connectivity index (χ4v) is 4.68. The molecule has 0 saturated carbocycles. The summed E-state index contributed by atoms with van der Waals surface area (Å²) in [6, 6.07) is 15.6. The molecule has 0 fully saturated rings. The third-order valence-electron chi connectivity index (χ3n) is 6.29. The Balaban J connectivity index is 1.50. The lowest BCUT2D eigenvalue weighted by atomic mass is 10.2. The summed E-state index contributed by atoms with van der Waals surface area (Å²) in [5, 5.41) is 5.87. The zero-order valence-electron chi connectivity index (χ0n) is 19.8. The average molecular weight is 465 g/mol. The van der Waals surface area contributed by atoms with Crippen LogP contribution in [0.2, 0.25) is 0 Å². The summed E-state index contributed by atoms with van der Waals surface area (Å²) >= 11 is 0. The second kappa shape index (κ2) is 8.05. The van der Waals surface area contributed by atoms with Crippen molar-refractivity contribution >= 4 is 33.3 Å². The molecule has 0 aliphatic carbocycles. The van der Waals surface area contributed by atoms with Crippen LogP contribution in [0.5, 0.6) is 0 Å². The Morgan fingerprint density at radius 1 is 0.971 bits per heavy atom. The van der Waals surface area contributed by atoms with E-state index in [0.29, 0.717) is 23.4 Å². The Morgan fingerprint density at radius 2 is 1.74 bits per heavy atom. The van der Waals surface area contributed by atoms with Crippen LogP contribution < -0.4 is 10.5 Å². The van der Waals surface area contributed by atoms with Crippen LogP contribution in [-0.4, -0.2) is 40.7 Å². The molecule has 6 rings (SSSR count). The van der Waals surface area contributed by atoms with E-state index in [0.717, 1.165) is 33.6 Å². The number of para-hydroxylation sites is 2. The van der Waals surface area contributed by atoms with Gasteiger partial charge in [-0.25, -0.2) is 15.0 Å². The first-order valence-corrected chi connectivity index (χ1v) is 11.4. The smallest absolute Gasteiger partial charge is 0.261 e. The minimum atomic E-state index is -0.0879. The van der Waals surface area contributed by atoms with Gasteiger partial charge < -0.3 is 4.90 Å². The Bertz CT molecular complexity index is 1780. The summed E-state index contributed by atoms with van der Waals surface area (Å²) in [7, 11) is 3.91. The molecule has 0 atom stereocenters. The third-order valence-corrected chi connectivity index (χ3v) is 6.29. The second-order valence-corrected chi connectivity index (χ2v) is 8.77. The SMILES string of the molecule is Cc1ncc2n(Cc3nc(N(C)Cc4cnn(C)c4)c4ccccc4n3)c(=O)c3ccccc3n12. The van der Waals surface area contributed by atoms with Crippen molar-refractivity contribution in [3.8, 4) is 0 Å². The standard InChI is InChI=1S/C26H24N8O/c1-17-27-13-24-33(26(35)20-9-5-7-11-22(20)34(17)24)16-23-29-21-10-6-4-8-19(21)25(30-23)31(2)14-18-12-28-32(3)15-18/h4-13,15H,14,16H2,1-3H3. The molecule has 0 aliphatic rings. The lowest BCUT2D eigenvalue weighted by Gasteiger charge is -2.20. The highest BCUT2D eigenvalue weighted by Gasteiger charge is 2.17. The molecule has 35 heavy (non-hydrogen) atoms. The maximum atomic E-state index is 13.5. The van der Waals surface area contributed by atoms with Crippen LogP contribution in [0.1, 0.15) is 17.2 Å². The molecular weight excluding hydrogens is 440 g/mol. The molecule has 0 N–H and O–H groups in total. The van der Waals surface area contributed by atoms with E-state index in [1.807, 2.05) is 86.3 Å². The summed E-state index contributed by atoms with van der Waals surface area (Å²) in [6.07, 6.45) is 5.59. The lowest BCUT2D eigenvalue weighted by Crippen LogP contribution is -2.25. The number of fused-ring (bicyclic) bond motifs is 4. The highest BCUT2D eigenvalue weighted by Crippen LogP contribution is 2.25. The van der Waals surface area contributed by atoms with Crippen LogP contribution in [0.25, 0.3) is 27.5 Å². The Kier molecular flexibility index (Phi) is 4.84. The maximum absolute atomic E-state index is 13.5. The number of aromatic nitrogens is 7. The van der Waals surface area contributed by atoms with E-state index in [-0.39, 0.29) is 12.1 Å². The topological polar surface area (TPSA) is 86.1 Å². The first kappa shape index (κ1) is 21.0. The molecule has 0 unspecified atom stereocenters. The number of anilines is 1. The fraction of sp³-hybridized carbons (Fsp3) is 0.192. The van der Waals surface area contributed by atoms with Crippen molar-refractivity contribution in [1.82, 2.24) is 33.7 Å². The summed E-state index contributed by atoms with van der Waals surface area (Å²) in [6.45, 7) is 2.82. The van der Waals surface area contributed by atoms with Gasteiger partial charge in [0.2, 0.25) is 0 Å². The van der Waals surface area contributed by atoms with Gasteiger partial charge in [-0.15, -0.1) is 0 Å². The fourth-order valence-electron chi connectivity index (χ4n) is 4.68. The van der Waals surface area contributed by atoms with Gasteiger partial charge in [-0.3, -0.25) is 18.4 Å². The molecule has 0 amide bonds. The van der Waals surface area contributed by atoms with Crippen LogP contribution in [0.3, 0.4) is 0 Å². The third kappa shape index (κ3) is 3.52. The van der Waals surface area contributed by atoms with E-state index in [2.05, 4.69) is 15.0 Å². The Morgan fingerprint density at radius 3 is 2.54 bits per heavy atom. The van der Waals surface area contributed by atoms with Crippen molar-refractivity contribution in [2.24, 2.45) is 7.05 Å². The molecule has 0 radical (unpaired) electrons. The molecule has 2 aromatic carbocycles. The van der Waals surface area contributed by atoms with Crippen molar-refractivity contribution in [2.45, 2.75) is 20.0 Å². The monoisotopic (exact) mass is 464 g/mol. The van der Waals surface area contributed by atoms with E-state index in [9.17, 15) is 4.79 Å². The molecule has 9 nitrogen and oxygen atoms in total. The van der Waals surface area contributed by atoms with Gasteiger partial charge in [0, 0.05) is 37.8 Å². The molecule has 0 saturated heterocycles. The number of aryl methyl sites for hydroxylation is 2. The van der Waals surface area contributed by atoms with Crippen LogP contribution in [0, 0.1) is 6.92 Å². The van der Waals surface area contributed by atoms with Crippen LogP contribution >= 0.6 is 0 Å². The van der Waals surface area contributed by atoms with Gasteiger partial charge in [-0.2, -0.15) is 5.10 Å². The number of hydrogen-bond donors (Lipinski definition) is 0. The molecule has 0 bridgehead atoms. The summed E-state index contributed by atoms with van der Waals surface area (Å²) < 4.78 is 5.50. The minimum absolute atomic E-state index is 0.0879. The van der Waals surface area contributed by atoms with E-state index in [1.54, 1.807) is 15.4 Å². The number of rotatable bonds is 5. The van der Waals surface area contributed by atoms with Crippen LogP contribution in [-0.2, 0) is 20.1 Å². The largest absolute Gasteiger partial charge is 0.355 e. The Labute approximate surface area is 200 Å². The molecular formula is C26H24N8O. The lowest BCUT2D eigenvalue weighted by molar-refractivity contribution is 0.731. The van der Waals surface area contributed by atoms with Crippen molar-refractivity contribution in [3.63, 3.8) is 0 Å². The highest BCUT2D eigenvalue weighted by atomic mass is 16.1. The van der Waals surface area contributed by atoms with Crippen molar-refractivity contribution in [1.29, 1.82) is 0 Å². The maximum Gasteiger partial charge on any atom is 0.261 e. The molecule has 174 valence electrons. The zero-order valence-corrected chi connectivity index (χ0v) is 19.8. The van der Waals surface area contributed by atoms with Crippen LogP contribution in [0.15, 0.2) is 71.9 Å². The van der Waals surface area contributed by atoms with Gasteiger partial charge >= 0.3 is 0 Å². The van der Waals surface area contributed by atoms with E-state index in [4.69, 9.17) is 9.97 Å². The molecule has 0 spiro atoms. The van der Waals surface area contributed by atoms with E-state index < -0.39 is 0 Å². The quantitative estimate of drug-likeness (QED) is 0.389. The number of benzene rings is 2. The highest BCUT2D eigenvalue weighted by molar-refractivity contribution is 5.89. The van der Waals surface area contributed by atoms with Gasteiger partial charge in [-0.1, -0.05) is 24.3 Å². The summed E-state index contributed by atoms with van der Waals surface area (Å²) in [5.41, 5.74) is 3.39. The predicted molar refractivity (Wildman–Crippen MR) is 136 cm³/mol. The van der Waals surface area contributed by atoms with Crippen LogP contribution in [0.4, 0.5) is 5.82 Å². The predicted octanol–water partition coefficient (Wildman–Crippen LogP) is 3.32. The molecule has 0 aliphatic heterocycles. The first-order valence-electron chi connectivity index (χ1n) is 11.4. The summed E-state index contributed by atoms with van der Waals surface area (Å²) in [5.74, 6) is 2.19. The summed E-state index contributed by atoms with van der Waals surface area (Å²) in [4.78, 5) is 29.8. The normalized spacial score (nSPS) is 11.6.